The third-order valence-electron chi connectivity index (χ3n) is 5.19. The molecule has 3 aromatic rings. The normalized spacial score (nSPS) is 11.2. The third-order valence-corrected chi connectivity index (χ3v) is 7.58. The Labute approximate surface area is 229 Å². The second-order valence-corrected chi connectivity index (χ2v) is 10.6. The molecule has 0 aliphatic rings. The Balaban J connectivity index is 1.74. The van der Waals surface area contributed by atoms with Crippen molar-refractivity contribution >= 4 is 49.7 Å². The second kappa shape index (κ2) is 13.1. The van der Waals surface area contributed by atoms with Gasteiger partial charge in [0, 0.05) is 0 Å². The van der Waals surface area contributed by atoms with Crippen molar-refractivity contribution in [3.63, 3.8) is 0 Å². The molecule has 0 atom stereocenters. The molecule has 0 aromatic heterocycles. The number of hydrogen-bond donors (Lipinski definition) is 1. The average molecular weight is 604 g/mol. The standard InChI is InChI=1S/C26H26BrN3O7S/c1-18-4-8-20(9-5-18)30(38(33,34)22-12-13-24(35-2)23(27)14-22)16-25(31)29-28-15-19-6-10-21(11-7-19)37-17-26(32)36-3/h4-15H,16-17H2,1-3H3,(H,29,31)/b28-15-. The minimum atomic E-state index is -4.12. The van der Waals surface area contributed by atoms with Crippen LogP contribution in [0.2, 0.25) is 0 Å². The number of anilines is 1. The first kappa shape index (κ1) is 28.7. The van der Waals surface area contributed by atoms with Crippen LogP contribution in [0.25, 0.3) is 0 Å². The number of halogens is 1. The Kier molecular flexibility index (Phi) is 9.85. The lowest BCUT2D eigenvalue weighted by Gasteiger charge is -2.24. The highest BCUT2D eigenvalue weighted by Crippen LogP contribution is 2.30. The van der Waals surface area contributed by atoms with Crippen LogP contribution in [0.5, 0.6) is 11.5 Å². The number of amides is 1. The molecule has 0 saturated carbocycles. The zero-order chi connectivity index (χ0) is 27.7. The molecule has 1 N–H and O–H groups in total. The molecular formula is C26H26BrN3O7S. The number of esters is 1. The van der Waals surface area contributed by atoms with Gasteiger partial charge in [0.25, 0.3) is 15.9 Å². The van der Waals surface area contributed by atoms with E-state index in [1.54, 1.807) is 48.5 Å². The number of ether oxygens (including phenoxy) is 3. The van der Waals surface area contributed by atoms with Gasteiger partial charge in [-0.25, -0.2) is 18.6 Å². The van der Waals surface area contributed by atoms with Gasteiger partial charge in [-0.3, -0.25) is 9.10 Å². The lowest BCUT2D eigenvalue weighted by Crippen LogP contribution is -2.39. The number of methoxy groups -OCH3 is 2. The topological polar surface area (TPSA) is 124 Å². The van der Waals surface area contributed by atoms with Gasteiger partial charge in [-0.05, 0) is 83.0 Å². The predicted molar refractivity (Wildman–Crippen MR) is 146 cm³/mol. The van der Waals surface area contributed by atoms with E-state index < -0.39 is 28.4 Å². The summed E-state index contributed by atoms with van der Waals surface area (Å²) >= 11 is 3.31. The van der Waals surface area contributed by atoms with Crippen molar-refractivity contribution in [3.05, 3.63) is 82.3 Å². The molecule has 0 heterocycles. The monoisotopic (exact) mass is 603 g/mol. The number of aryl methyl sites for hydroxylation is 1. The molecular weight excluding hydrogens is 578 g/mol. The maximum Gasteiger partial charge on any atom is 0.343 e. The van der Waals surface area contributed by atoms with Crippen LogP contribution in [0.4, 0.5) is 5.69 Å². The number of carbonyl (C=O) groups excluding carboxylic acids is 2. The molecule has 0 spiro atoms. The first-order valence-corrected chi connectivity index (χ1v) is 13.4. The molecule has 3 aromatic carbocycles. The van der Waals surface area contributed by atoms with Crippen LogP contribution < -0.4 is 19.2 Å². The van der Waals surface area contributed by atoms with E-state index in [0.717, 1.165) is 9.87 Å². The van der Waals surface area contributed by atoms with Gasteiger partial charge in [-0.1, -0.05) is 17.7 Å². The lowest BCUT2D eigenvalue weighted by molar-refractivity contribution is -0.142. The van der Waals surface area contributed by atoms with E-state index in [-0.39, 0.29) is 11.5 Å². The van der Waals surface area contributed by atoms with Crippen molar-refractivity contribution in [3.8, 4) is 11.5 Å². The largest absolute Gasteiger partial charge is 0.496 e. The van der Waals surface area contributed by atoms with Crippen molar-refractivity contribution in [2.75, 3.05) is 31.7 Å². The van der Waals surface area contributed by atoms with E-state index >= 15 is 0 Å². The number of nitrogens with zero attached hydrogens (tertiary/aromatic N) is 2. The minimum Gasteiger partial charge on any atom is -0.496 e. The lowest BCUT2D eigenvalue weighted by atomic mass is 10.2. The highest BCUT2D eigenvalue weighted by atomic mass is 79.9. The van der Waals surface area contributed by atoms with Gasteiger partial charge in [0.15, 0.2) is 6.61 Å². The van der Waals surface area contributed by atoms with E-state index in [0.29, 0.717) is 27.2 Å². The maximum absolute atomic E-state index is 13.6. The summed E-state index contributed by atoms with van der Waals surface area (Å²) in [4.78, 5) is 23.9. The Bertz CT molecular complexity index is 1410. The summed E-state index contributed by atoms with van der Waals surface area (Å²) in [7, 11) is -1.37. The van der Waals surface area contributed by atoms with Crippen LogP contribution in [-0.4, -0.2) is 53.9 Å². The number of hydrogen-bond acceptors (Lipinski definition) is 8. The first-order chi connectivity index (χ1) is 18.1. The molecule has 10 nitrogen and oxygen atoms in total. The number of carbonyl (C=O) groups is 2. The SMILES string of the molecule is COC(=O)COc1ccc(/C=N\NC(=O)CN(c2ccc(C)cc2)S(=O)(=O)c2ccc(OC)c(Br)c2)cc1. The van der Waals surface area contributed by atoms with Crippen molar-refractivity contribution in [1.29, 1.82) is 0 Å². The quantitative estimate of drug-likeness (QED) is 0.201. The minimum absolute atomic E-state index is 0.0171. The average Bonchev–Trinajstić information content (AvgIpc) is 2.91. The molecule has 0 radical (unpaired) electrons. The molecule has 0 aliphatic carbocycles. The summed E-state index contributed by atoms with van der Waals surface area (Å²) in [5.41, 5.74) is 4.26. The van der Waals surface area contributed by atoms with Crippen LogP contribution in [0.3, 0.4) is 0 Å². The Morgan fingerprint density at radius 1 is 1.03 bits per heavy atom. The Hall–Kier alpha value is -3.90. The van der Waals surface area contributed by atoms with Crippen molar-refractivity contribution in [1.82, 2.24) is 5.43 Å². The van der Waals surface area contributed by atoms with Crippen molar-refractivity contribution in [2.24, 2.45) is 5.10 Å². The van der Waals surface area contributed by atoms with E-state index in [4.69, 9.17) is 9.47 Å². The molecule has 12 heteroatoms. The molecule has 200 valence electrons. The van der Waals surface area contributed by atoms with Gasteiger partial charge in [-0.15, -0.1) is 0 Å². The number of nitrogens with one attached hydrogen (secondary N) is 1. The summed E-state index contributed by atoms with van der Waals surface area (Å²) in [6.07, 6.45) is 1.40. The number of benzene rings is 3. The summed E-state index contributed by atoms with van der Waals surface area (Å²) in [6, 6.07) is 17.7. The van der Waals surface area contributed by atoms with Gasteiger partial charge >= 0.3 is 5.97 Å². The molecule has 3 rings (SSSR count). The highest BCUT2D eigenvalue weighted by Gasteiger charge is 2.28. The van der Waals surface area contributed by atoms with Crippen molar-refractivity contribution < 1.29 is 32.2 Å². The van der Waals surface area contributed by atoms with Crippen LogP contribution in [0.15, 0.2) is 81.2 Å². The van der Waals surface area contributed by atoms with E-state index in [1.807, 2.05) is 6.92 Å². The van der Waals surface area contributed by atoms with Crippen molar-refractivity contribution in [2.45, 2.75) is 11.8 Å². The number of hydrazone groups is 1. The van der Waals surface area contributed by atoms with Crippen LogP contribution in [-0.2, 0) is 24.3 Å². The molecule has 0 saturated heterocycles. The van der Waals surface area contributed by atoms with E-state index in [9.17, 15) is 18.0 Å². The number of sulfonamides is 1. The van der Waals surface area contributed by atoms with Crippen LogP contribution in [0, 0.1) is 6.92 Å². The molecule has 38 heavy (non-hydrogen) atoms. The Morgan fingerprint density at radius 3 is 2.32 bits per heavy atom. The molecule has 0 unspecified atom stereocenters. The summed E-state index contributed by atoms with van der Waals surface area (Å²) in [5.74, 6) is -0.211. The molecule has 0 aliphatic heterocycles. The summed E-state index contributed by atoms with van der Waals surface area (Å²) in [5, 5.41) is 3.93. The second-order valence-electron chi connectivity index (χ2n) is 7.87. The highest BCUT2D eigenvalue weighted by molar-refractivity contribution is 9.10. The fourth-order valence-corrected chi connectivity index (χ4v) is 5.30. The molecule has 0 bridgehead atoms. The first-order valence-electron chi connectivity index (χ1n) is 11.2. The molecule has 1 amide bonds. The van der Waals surface area contributed by atoms with Gasteiger partial charge in [0.1, 0.15) is 18.0 Å². The van der Waals surface area contributed by atoms with Gasteiger partial charge < -0.3 is 14.2 Å². The molecule has 0 fully saturated rings. The van der Waals surface area contributed by atoms with Crippen LogP contribution >= 0.6 is 15.9 Å². The van der Waals surface area contributed by atoms with Gasteiger partial charge in [0.05, 0.1) is 35.5 Å². The zero-order valence-electron chi connectivity index (χ0n) is 20.9. The summed E-state index contributed by atoms with van der Waals surface area (Å²) < 4.78 is 43.6. The van der Waals surface area contributed by atoms with Crippen LogP contribution in [0.1, 0.15) is 11.1 Å². The zero-order valence-corrected chi connectivity index (χ0v) is 23.3. The summed E-state index contributed by atoms with van der Waals surface area (Å²) in [6.45, 7) is 1.16. The van der Waals surface area contributed by atoms with E-state index in [2.05, 4.69) is 31.2 Å². The van der Waals surface area contributed by atoms with Gasteiger partial charge in [-0.2, -0.15) is 5.10 Å². The smallest absolute Gasteiger partial charge is 0.343 e. The van der Waals surface area contributed by atoms with Gasteiger partial charge in [0.2, 0.25) is 0 Å². The third kappa shape index (κ3) is 7.56. The number of rotatable bonds is 11. The Morgan fingerprint density at radius 2 is 1.71 bits per heavy atom. The predicted octanol–water partition coefficient (Wildman–Crippen LogP) is 3.66. The maximum atomic E-state index is 13.6. The fourth-order valence-electron chi connectivity index (χ4n) is 3.16. The fraction of sp³-hybridized carbons (Fsp3) is 0.192. The van der Waals surface area contributed by atoms with E-state index in [1.165, 1.54) is 38.6 Å².